The van der Waals surface area contributed by atoms with Gasteiger partial charge in [0.05, 0.1) is 0 Å². The Morgan fingerprint density at radius 1 is 1.06 bits per heavy atom. The standard InChI is InChI=1S/C15H30N2/c1-2-13-6-8-15(9-7-13)17-12-4-3-5-14(17)10-11-16/h13-15H,2-12,16H2,1H3. The molecule has 0 bridgehead atoms. The molecule has 1 heterocycles. The molecule has 0 spiro atoms. The van der Waals surface area contributed by atoms with Gasteiger partial charge in [-0.05, 0) is 64.0 Å². The van der Waals surface area contributed by atoms with E-state index in [1.165, 1.54) is 64.3 Å². The Kier molecular flexibility index (Phi) is 5.30. The molecule has 2 rings (SSSR count). The molecular weight excluding hydrogens is 208 g/mol. The van der Waals surface area contributed by atoms with Gasteiger partial charge in [0.2, 0.25) is 0 Å². The second-order valence-corrected chi connectivity index (χ2v) is 6.05. The second-order valence-electron chi connectivity index (χ2n) is 6.05. The lowest BCUT2D eigenvalue weighted by molar-refractivity contribution is 0.0591. The van der Waals surface area contributed by atoms with Crippen LogP contribution in [0.3, 0.4) is 0 Å². The zero-order valence-electron chi connectivity index (χ0n) is 11.5. The van der Waals surface area contributed by atoms with Gasteiger partial charge in [-0.15, -0.1) is 0 Å². The van der Waals surface area contributed by atoms with Crippen LogP contribution in [0.1, 0.15) is 64.7 Å². The van der Waals surface area contributed by atoms with E-state index in [0.717, 1.165) is 24.5 Å². The number of nitrogens with zero attached hydrogens (tertiary/aromatic N) is 1. The van der Waals surface area contributed by atoms with Crippen LogP contribution in [0.4, 0.5) is 0 Å². The van der Waals surface area contributed by atoms with Crippen molar-refractivity contribution in [2.45, 2.75) is 76.8 Å². The molecule has 1 saturated carbocycles. The van der Waals surface area contributed by atoms with Gasteiger partial charge >= 0.3 is 0 Å². The highest BCUT2D eigenvalue weighted by Crippen LogP contribution is 2.33. The van der Waals surface area contributed by atoms with Gasteiger partial charge in [-0.3, -0.25) is 4.90 Å². The molecule has 0 aromatic carbocycles. The summed E-state index contributed by atoms with van der Waals surface area (Å²) < 4.78 is 0. The second kappa shape index (κ2) is 6.75. The molecule has 1 aliphatic heterocycles. The van der Waals surface area contributed by atoms with Crippen molar-refractivity contribution in [2.24, 2.45) is 11.7 Å². The molecule has 1 aliphatic carbocycles. The fourth-order valence-electron chi connectivity index (χ4n) is 3.89. The molecule has 0 aromatic heterocycles. The normalized spacial score (nSPS) is 36.0. The highest BCUT2D eigenvalue weighted by atomic mass is 15.2. The van der Waals surface area contributed by atoms with E-state index in [2.05, 4.69) is 11.8 Å². The monoisotopic (exact) mass is 238 g/mol. The first-order valence-corrected chi connectivity index (χ1v) is 7.81. The Hall–Kier alpha value is -0.0800. The number of hydrogen-bond acceptors (Lipinski definition) is 2. The van der Waals surface area contributed by atoms with E-state index in [1.807, 2.05) is 0 Å². The molecule has 100 valence electrons. The Bertz CT molecular complexity index is 207. The maximum atomic E-state index is 5.77. The topological polar surface area (TPSA) is 29.3 Å². The van der Waals surface area contributed by atoms with Crippen LogP contribution in [0.25, 0.3) is 0 Å². The Morgan fingerprint density at radius 2 is 1.82 bits per heavy atom. The molecule has 0 aromatic rings. The maximum Gasteiger partial charge on any atom is 0.0110 e. The van der Waals surface area contributed by atoms with Crippen LogP contribution >= 0.6 is 0 Å². The Labute approximate surface area is 107 Å². The molecule has 2 nitrogen and oxygen atoms in total. The lowest BCUT2D eigenvalue weighted by atomic mass is 9.82. The van der Waals surface area contributed by atoms with E-state index >= 15 is 0 Å². The summed E-state index contributed by atoms with van der Waals surface area (Å²) in [5.74, 6) is 1.02. The summed E-state index contributed by atoms with van der Waals surface area (Å²) >= 11 is 0. The molecular formula is C15H30N2. The smallest absolute Gasteiger partial charge is 0.0110 e. The minimum Gasteiger partial charge on any atom is -0.330 e. The van der Waals surface area contributed by atoms with Crippen molar-refractivity contribution >= 4 is 0 Å². The molecule has 2 fully saturated rings. The van der Waals surface area contributed by atoms with Gasteiger partial charge < -0.3 is 5.73 Å². The molecule has 1 atom stereocenters. The number of hydrogen-bond donors (Lipinski definition) is 1. The highest BCUT2D eigenvalue weighted by Gasteiger charge is 2.30. The summed E-state index contributed by atoms with van der Waals surface area (Å²) in [5.41, 5.74) is 5.77. The maximum absolute atomic E-state index is 5.77. The number of piperidine rings is 1. The summed E-state index contributed by atoms with van der Waals surface area (Å²) in [6, 6.07) is 1.69. The quantitative estimate of drug-likeness (QED) is 0.815. The number of nitrogens with two attached hydrogens (primary N) is 1. The van der Waals surface area contributed by atoms with E-state index in [9.17, 15) is 0 Å². The van der Waals surface area contributed by atoms with Crippen molar-refractivity contribution in [1.82, 2.24) is 4.90 Å². The Balaban J connectivity index is 1.86. The average Bonchev–Trinajstić information content (AvgIpc) is 2.40. The molecule has 2 aliphatic rings. The SMILES string of the molecule is CCC1CCC(N2CCCCC2CCN)CC1. The van der Waals surface area contributed by atoms with Gasteiger partial charge in [-0.1, -0.05) is 19.8 Å². The molecule has 0 radical (unpaired) electrons. The van der Waals surface area contributed by atoms with Gasteiger partial charge in [-0.25, -0.2) is 0 Å². The van der Waals surface area contributed by atoms with E-state index in [1.54, 1.807) is 0 Å². The molecule has 0 amide bonds. The van der Waals surface area contributed by atoms with Crippen molar-refractivity contribution in [3.05, 3.63) is 0 Å². The van der Waals surface area contributed by atoms with Gasteiger partial charge in [0.25, 0.3) is 0 Å². The summed E-state index contributed by atoms with van der Waals surface area (Å²) in [7, 11) is 0. The van der Waals surface area contributed by atoms with Gasteiger partial charge in [-0.2, -0.15) is 0 Å². The van der Waals surface area contributed by atoms with Crippen LogP contribution in [-0.2, 0) is 0 Å². The zero-order chi connectivity index (χ0) is 12.1. The minimum absolute atomic E-state index is 0.803. The third-order valence-electron chi connectivity index (χ3n) is 5.04. The predicted molar refractivity (Wildman–Crippen MR) is 74.1 cm³/mol. The third kappa shape index (κ3) is 3.45. The largest absolute Gasteiger partial charge is 0.330 e. The molecule has 2 N–H and O–H groups in total. The molecule has 2 heteroatoms. The molecule has 1 unspecified atom stereocenters. The first-order chi connectivity index (χ1) is 8.35. The van der Waals surface area contributed by atoms with Gasteiger partial charge in [0.1, 0.15) is 0 Å². The zero-order valence-corrected chi connectivity index (χ0v) is 11.5. The molecule has 17 heavy (non-hydrogen) atoms. The average molecular weight is 238 g/mol. The van der Waals surface area contributed by atoms with Gasteiger partial charge in [0.15, 0.2) is 0 Å². The van der Waals surface area contributed by atoms with Crippen molar-refractivity contribution in [1.29, 1.82) is 0 Å². The van der Waals surface area contributed by atoms with Crippen LogP contribution in [0.2, 0.25) is 0 Å². The van der Waals surface area contributed by atoms with E-state index in [4.69, 9.17) is 5.73 Å². The summed E-state index contributed by atoms with van der Waals surface area (Å²) in [6.07, 6.45) is 12.6. The lowest BCUT2D eigenvalue weighted by Crippen LogP contribution is -2.48. The minimum atomic E-state index is 0.803. The van der Waals surface area contributed by atoms with Crippen molar-refractivity contribution in [2.75, 3.05) is 13.1 Å². The van der Waals surface area contributed by atoms with Crippen LogP contribution in [0, 0.1) is 5.92 Å². The third-order valence-corrected chi connectivity index (χ3v) is 5.04. The lowest BCUT2D eigenvalue weighted by Gasteiger charge is -2.44. The van der Waals surface area contributed by atoms with Crippen molar-refractivity contribution in [3.8, 4) is 0 Å². The van der Waals surface area contributed by atoms with Crippen LogP contribution < -0.4 is 5.73 Å². The van der Waals surface area contributed by atoms with Crippen LogP contribution in [-0.4, -0.2) is 30.1 Å². The van der Waals surface area contributed by atoms with Crippen LogP contribution in [0.5, 0.6) is 0 Å². The fraction of sp³-hybridized carbons (Fsp3) is 1.00. The number of rotatable bonds is 4. The first kappa shape index (κ1) is 13.4. The summed E-state index contributed by atoms with van der Waals surface area (Å²) in [5, 5.41) is 0. The van der Waals surface area contributed by atoms with Gasteiger partial charge in [0, 0.05) is 12.1 Å². The van der Waals surface area contributed by atoms with E-state index in [-0.39, 0.29) is 0 Å². The Morgan fingerprint density at radius 3 is 2.47 bits per heavy atom. The van der Waals surface area contributed by atoms with Crippen molar-refractivity contribution < 1.29 is 0 Å². The van der Waals surface area contributed by atoms with Crippen LogP contribution in [0.15, 0.2) is 0 Å². The molecule has 1 saturated heterocycles. The fourth-order valence-corrected chi connectivity index (χ4v) is 3.89. The first-order valence-electron chi connectivity index (χ1n) is 7.81. The highest BCUT2D eigenvalue weighted by molar-refractivity contribution is 4.86. The summed E-state index contributed by atoms with van der Waals surface area (Å²) in [4.78, 5) is 2.82. The predicted octanol–water partition coefficient (Wildman–Crippen LogP) is 3.16. The summed E-state index contributed by atoms with van der Waals surface area (Å²) in [6.45, 7) is 4.56. The van der Waals surface area contributed by atoms with E-state index in [0.29, 0.717) is 0 Å². The van der Waals surface area contributed by atoms with Crippen molar-refractivity contribution in [3.63, 3.8) is 0 Å². The number of likely N-dealkylation sites (tertiary alicyclic amines) is 1. The van der Waals surface area contributed by atoms with E-state index < -0.39 is 0 Å².